The highest BCUT2D eigenvalue weighted by Crippen LogP contribution is 2.17. The fourth-order valence-corrected chi connectivity index (χ4v) is 2.55. The van der Waals surface area contributed by atoms with Crippen LogP contribution in [0.2, 0.25) is 0 Å². The van der Waals surface area contributed by atoms with Crippen LogP contribution in [0.15, 0.2) is 43.1 Å². The molecule has 3 rings (SSSR count). The molecule has 2 heterocycles. The standard InChI is InChI=1S/C15H12N4O2S/c1-21-15(20)13-8-17-14(22-13)7-4-11-2-5-12(6-3-11)19-10-16-9-18-19/h2-10H,1H3/b7-4-. The number of hydrogen-bond acceptors (Lipinski definition) is 6. The van der Waals surface area contributed by atoms with E-state index >= 15 is 0 Å². The van der Waals surface area contributed by atoms with Gasteiger partial charge >= 0.3 is 5.97 Å². The van der Waals surface area contributed by atoms with Gasteiger partial charge < -0.3 is 4.74 Å². The van der Waals surface area contributed by atoms with Crippen molar-refractivity contribution >= 4 is 29.5 Å². The maximum absolute atomic E-state index is 11.4. The molecule has 0 aliphatic rings. The second-order valence-electron chi connectivity index (χ2n) is 4.32. The van der Waals surface area contributed by atoms with Gasteiger partial charge in [-0.1, -0.05) is 18.2 Å². The molecule has 0 unspecified atom stereocenters. The van der Waals surface area contributed by atoms with E-state index in [4.69, 9.17) is 0 Å². The number of esters is 1. The summed E-state index contributed by atoms with van der Waals surface area (Å²) in [4.78, 5) is 19.9. The summed E-state index contributed by atoms with van der Waals surface area (Å²) >= 11 is 1.29. The molecule has 0 fully saturated rings. The molecule has 0 saturated carbocycles. The maximum Gasteiger partial charge on any atom is 0.349 e. The molecule has 0 aliphatic carbocycles. The molecule has 6 nitrogen and oxygen atoms in total. The van der Waals surface area contributed by atoms with Gasteiger partial charge in [0, 0.05) is 0 Å². The van der Waals surface area contributed by atoms with Crippen molar-refractivity contribution in [1.82, 2.24) is 19.7 Å². The van der Waals surface area contributed by atoms with Crippen molar-refractivity contribution in [3.8, 4) is 5.69 Å². The minimum atomic E-state index is -0.366. The third-order valence-corrected chi connectivity index (χ3v) is 3.85. The highest BCUT2D eigenvalue weighted by atomic mass is 32.1. The second kappa shape index (κ2) is 6.31. The normalized spacial score (nSPS) is 11.0. The topological polar surface area (TPSA) is 69.9 Å². The summed E-state index contributed by atoms with van der Waals surface area (Å²) in [6.07, 6.45) is 8.46. The van der Waals surface area contributed by atoms with Crippen molar-refractivity contribution in [2.75, 3.05) is 7.11 Å². The van der Waals surface area contributed by atoms with Gasteiger partial charge in [0.05, 0.1) is 19.0 Å². The second-order valence-corrected chi connectivity index (χ2v) is 5.38. The van der Waals surface area contributed by atoms with Gasteiger partial charge in [-0.2, -0.15) is 5.10 Å². The van der Waals surface area contributed by atoms with Crippen LogP contribution < -0.4 is 0 Å². The molecule has 0 bridgehead atoms. The average molecular weight is 312 g/mol. The van der Waals surface area contributed by atoms with Crippen molar-refractivity contribution < 1.29 is 9.53 Å². The lowest BCUT2D eigenvalue weighted by molar-refractivity contribution is 0.0606. The van der Waals surface area contributed by atoms with Crippen LogP contribution in [0.25, 0.3) is 17.8 Å². The number of benzene rings is 1. The highest BCUT2D eigenvalue weighted by Gasteiger charge is 2.08. The minimum Gasteiger partial charge on any atom is -0.465 e. The molecule has 0 atom stereocenters. The van der Waals surface area contributed by atoms with E-state index in [1.807, 2.05) is 36.4 Å². The zero-order chi connectivity index (χ0) is 15.4. The number of nitrogens with zero attached hydrogens (tertiary/aromatic N) is 4. The van der Waals surface area contributed by atoms with E-state index in [1.54, 1.807) is 11.0 Å². The first kappa shape index (κ1) is 14.2. The van der Waals surface area contributed by atoms with E-state index in [9.17, 15) is 4.79 Å². The van der Waals surface area contributed by atoms with Crippen LogP contribution in [0.3, 0.4) is 0 Å². The third kappa shape index (κ3) is 3.09. The lowest BCUT2D eigenvalue weighted by atomic mass is 10.2. The molecule has 0 amide bonds. The van der Waals surface area contributed by atoms with E-state index in [2.05, 4.69) is 19.8 Å². The molecule has 110 valence electrons. The van der Waals surface area contributed by atoms with Crippen LogP contribution in [0, 0.1) is 0 Å². The molecule has 0 N–H and O–H groups in total. The molecule has 7 heteroatoms. The van der Waals surface area contributed by atoms with E-state index in [0.717, 1.165) is 16.3 Å². The summed E-state index contributed by atoms with van der Waals surface area (Å²) in [5.74, 6) is -0.366. The number of hydrogen-bond donors (Lipinski definition) is 0. The molecule has 0 spiro atoms. The number of rotatable bonds is 4. The summed E-state index contributed by atoms with van der Waals surface area (Å²) in [6, 6.07) is 7.86. The fraction of sp³-hybridized carbons (Fsp3) is 0.0667. The SMILES string of the molecule is COC(=O)c1cnc(/C=C\c2ccc(-n3cncn3)cc2)s1. The van der Waals surface area contributed by atoms with Crippen molar-refractivity contribution in [3.63, 3.8) is 0 Å². The fourth-order valence-electron chi connectivity index (χ4n) is 1.81. The first-order chi connectivity index (χ1) is 10.8. The Morgan fingerprint density at radius 1 is 1.27 bits per heavy atom. The number of carbonyl (C=O) groups excluding carboxylic acids is 1. The summed E-state index contributed by atoms with van der Waals surface area (Å²) in [5, 5.41) is 4.82. The Hall–Kier alpha value is -2.80. The van der Waals surface area contributed by atoms with Gasteiger partial charge in [-0.05, 0) is 23.8 Å². The van der Waals surface area contributed by atoms with Crippen LogP contribution in [-0.2, 0) is 4.74 Å². The summed E-state index contributed by atoms with van der Waals surface area (Å²) in [7, 11) is 1.36. The number of methoxy groups -OCH3 is 1. The maximum atomic E-state index is 11.4. The van der Waals surface area contributed by atoms with Crippen LogP contribution in [0.4, 0.5) is 0 Å². The molecule has 0 saturated heterocycles. The molecular weight excluding hydrogens is 300 g/mol. The number of thiazole rings is 1. The van der Waals surface area contributed by atoms with Crippen molar-refractivity contribution in [3.05, 3.63) is 58.6 Å². The van der Waals surface area contributed by atoms with E-state index in [0.29, 0.717) is 4.88 Å². The number of aromatic nitrogens is 4. The first-order valence-corrected chi connectivity index (χ1v) is 7.25. The number of ether oxygens (including phenoxy) is 1. The van der Waals surface area contributed by atoms with Crippen molar-refractivity contribution in [2.24, 2.45) is 0 Å². The molecular formula is C15H12N4O2S. The van der Waals surface area contributed by atoms with E-state index in [1.165, 1.54) is 31.0 Å². The van der Waals surface area contributed by atoms with Crippen LogP contribution in [0.5, 0.6) is 0 Å². The van der Waals surface area contributed by atoms with Crippen molar-refractivity contribution in [1.29, 1.82) is 0 Å². The minimum absolute atomic E-state index is 0.366. The van der Waals surface area contributed by atoms with Gasteiger partial charge in [0.25, 0.3) is 0 Å². The molecule has 3 aromatic rings. The van der Waals surface area contributed by atoms with E-state index < -0.39 is 0 Å². The molecule has 1 aromatic carbocycles. The molecule has 0 aliphatic heterocycles. The van der Waals surface area contributed by atoms with Gasteiger partial charge in [-0.25, -0.2) is 19.4 Å². The quantitative estimate of drug-likeness (QED) is 0.693. The largest absolute Gasteiger partial charge is 0.465 e. The van der Waals surface area contributed by atoms with Crippen LogP contribution >= 0.6 is 11.3 Å². The zero-order valence-electron chi connectivity index (χ0n) is 11.7. The van der Waals surface area contributed by atoms with Crippen molar-refractivity contribution in [2.45, 2.75) is 0 Å². The predicted molar refractivity (Wildman–Crippen MR) is 83.7 cm³/mol. The molecule has 0 radical (unpaired) electrons. The smallest absolute Gasteiger partial charge is 0.349 e. The Morgan fingerprint density at radius 2 is 2.09 bits per heavy atom. The van der Waals surface area contributed by atoms with Gasteiger partial charge in [0.15, 0.2) is 0 Å². The Bertz CT molecular complexity index is 791. The summed E-state index contributed by atoms with van der Waals surface area (Å²) < 4.78 is 6.35. The Balaban J connectivity index is 1.72. The van der Waals surface area contributed by atoms with Crippen LogP contribution in [-0.4, -0.2) is 32.8 Å². The molecule has 22 heavy (non-hydrogen) atoms. The lowest BCUT2D eigenvalue weighted by Gasteiger charge is -2.00. The average Bonchev–Trinajstić information content (AvgIpc) is 3.24. The Morgan fingerprint density at radius 3 is 2.77 bits per heavy atom. The number of carbonyl (C=O) groups is 1. The molecule has 2 aromatic heterocycles. The van der Waals surface area contributed by atoms with E-state index in [-0.39, 0.29) is 5.97 Å². The zero-order valence-corrected chi connectivity index (χ0v) is 12.5. The van der Waals surface area contributed by atoms with Gasteiger partial charge in [0.2, 0.25) is 0 Å². The van der Waals surface area contributed by atoms with Gasteiger partial charge in [-0.15, -0.1) is 11.3 Å². The lowest BCUT2D eigenvalue weighted by Crippen LogP contribution is -1.96. The van der Waals surface area contributed by atoms with Gasteiger partial charge in [-0.3, -0.25) is 0 Å². The monoisotopic (exact) mass is 312 g/mol. The van der Waals surface area contributed by atoms with Crippen LogP contribution in [0.1, 0.15) is 20.2 Å². The van der Waals surface area contributed by atoms with Gasteiger partial charge in [0.1, 0.15) is 22.5 Å². The summed E-state index contributed by atoms with van der Waals surface area (Å²) in [6.45, 7) is 0. The first-order valence-electron chi connectivity index (χ1n) is 6.43. The Labute approximate surface area is 130 Å². The Kier molecular flexibility index (Phi) is 4.06. The third-order valence-electron chi connectivity index (χ3n) is 2.90. The highest BCUT2D eigenvalue weighted by molar-refractivity contribution is 7.14. The predicted octanol–water partition coefficient (Wildman–Crippen LogP) is 2.68. The summed E-state index contributed by atoms with van der Waals surface area (Å²) in [5.41, 5.74) is 1.97.